The monoisotopic (exact) mass is 481 g/mol. The van der Waals surface area contributed by atoms with Crippen molar-refractivity contribution in [2.24, 2.45) is 5.73 Å². The number of primary amides is 1. The highest BCUT2D eigenvalue weighted by Gasteiger charge is 2.27. The molecular weight excluding hydrogens is 458 g/mol. The van der Waals surface area contributed by atoms with Crippen molar-refractivity contribution in [1.82, 2.24) is 14.5 Å². The van der Waals surface area contributed by atoms with Crippen molar-refractivity contribution in [1.29, 1.82) is 0 Å². The van der Waals surface area contributed by atoms with Gasteiger partial charge in [-0.3, -0.25) is 9.59 Å². The summed E-state index contributed by atoms with van der Waals surface area (Å²) in [4.78, 5) is 33.2. The highest BCUT2D eigenvalue weighted by molar-refractivity contribution is 9.10. The van der Waals surface area contributed by atoms with Crippen molar-refractivity contribution in [3.05, 3.63) is 75.6 Å². The normalized spacial score (nSPS) is 14.0. The van der Waals surface area contributed by atoms with Gasteiger partial charge in [0.05, 0.1) is 11.1 Å². The van der Waals surface area contributed by atoms with E-state index in [-0.39, 0.29) is 5.91 Å². The quantitative estimate of drug-likeness (QED) is 0.619. The lowest BCUT2D eigenvalue weighted by Gasteiger charge is -2.36. The molecule has 160 valence electrons. The molecule has 2 N–H and O–H groups in total. The summed E-state index contributed by atoms with van der Waals surface area (Å²) in [6.07, 6.45) is 1.65. The summed E-state index contributed by atoms with van der Waals surface area (Å²) >= 11 is 3.52. The Morgan fingerprint density at radius 2 is 1.74 bits per heavy atom. The number of benzene rings is 1. The van der Waals surface area contributed by atoms with E-state index < -0.39 is 5.91 Å². The first-order valence-electron chi connectivity index (χ1n) is 10.1. The van der Waals surface area contributed by atoms with Gasteiger partial charge in [-0.1, -0.05) is 22.0 Å². The van der Waals surface area contributed by atoms with Crippen LogP contribution in [-0.4, -0.2) is 52.4 Å². The molecule has 1 aromatic carbocycles. The minimum Gasteiger partial charge on any atom is -0.365 e. The van der Waals surface area contributed by atoms with Crippen molar-refractivity contribution >= 4 is 33.6 Å². The van der Waals surface area contributed by atoms with Gasteiger partial charge in [-0.25, -0.2) is 4.98 Å². The van der Waals surface area contributed by atoms with Gasteiger partial charge in [-0.15, -0.1) is 0 Å². The Hall–Kier alpha value is -3.13. The van der Waals surface area contributed by atoms with Crippen LogP contribution in [0.15, 0.2) is 53.1 Å². The van der Waals surface area contributed by atoms with Crippen LogP contribution in [0, 0.1) is 13.8 Å². The molecule has 0 radical (unpaired) electrons. The smallest absolute Gasteiger partial charge is 0.255 e. The lowest BCUT2D eigenvalue weighted by molar-refractivity contribution is 0.0745. The van der Waals surface area contributed by atoms with Crippen LogP contribution in [0.5, 0.6) is 0 Å². The molecule has 7 nitrogen and oxygen atoms in total. The molecule has 3 aromatic rings. The largest absolute Gasteiger partial charge is 0.365 e. The molecule has 31 heavy (non-hydrogen) atoms. The van der Waals surface area contributed by atoms with Crippen molar-refractivity contribution in [2.45, 2.75) is 13.8 Å². The number of aryl methyl sites for hydroxylation is 1. The van der Waals surface area contributed by atoms with Crippen LogP contribution in [-0.2, 0) is 0 Å². The van der Waals surface area contributed by atoms with Gasteiger partial charge in [0.2, 0.25) is 0 Å². The molecule has 0 saturated carbocycles. The molecule has 1 aliphatic rings. The molecule has 1 fully saturated rings. The number of nitrogens with two attached hydrogens (primary N) is 1. The third-order valence-electron chi connectivity index (χ3n) is 5.65. The topological polar surface area (TPSA) is 84.5 Å². The molecule has 0 aliphatic carbocycles. The molecule has 2 amide bonds. The van der Waals surface area contributed by atoms with E-state index in [0.29, 0.717) is 43.1 Å². The highest BCUT2D eigenvalue weighted by atomic mass is 79.9. The van der Waals surface area contributed by atoms with Gasteiger partial charge in [0.15, 0.2) is 0 Å². The predicted octanol–water partition coefficient (Wildman–Crippen LogP) is 3.31. The van der Waals surface area contributed by atoms with Crippen LogP contribution in [0.1, 0.15) is 32.1 Å². The summed E-state index contributed by atoms with van der Waals surface area (Å²) in [5, 5.41) is 0. The average Bonchev–Trinajstić information content (AvgIpc) is 3.07. The molecule has 2 aromatic heterocycles. The van der Waals surface area contributed by atoms with E-state index >= 15 is 0 Å². The first-order chi connectivity index (χ1) is 14.9. The van der Waals surface area contributed by atoms with Crippen LogP contribution >= 0.6 is 15.9 Å². The number of aromatic nitrogens is 2. The van der Waals surface area contributed by atoms with Crippen LogP contribution in [0.4, 0.5) is 5.82 Å². The molecule has 0 spiro atoms. The van der Waals surface area contributed by atoms with Crippen molar-refractivity contribution in [2.75, 3.05) is 31.1 Å². The van der Waals surface area contributed by atoms with E-state index in [1.165, 1.54) is 0 Å². The summed E-state index contributed by atoms with van der Waals surface area (Å²) in [7, 11) is 0. The number of rotatable bonds is 4. The van der Waals surface area contributed by atoms with E-state index in [9.17, 15) is 9.59 Å². The van der Waals surface area contributed by atoms with E-state index in [4.69, 9.17) is 5.73 Å². The summed E-state index contributed by atoms with van der Waals surface area (Å²) < 4.78 is 3.09. The SMILES string of the molecule is Cc1cc(C(=O)N2CCN(c3ncccc3C(N)=O)CC2)c(C)n1-c1cccc(Br)c1. The van der Waals surface area contributed by atoms with Crippen LogP contribution in [0.25, 0.3) is 5.69 Å². The molecule has 0 bridgehead atoms. The Morgan fingerprint density at radius 1 is 1.00 bits per heavy atom. The Balaban J connectivity index is 1.52. The first-order valence-corrected chi connectivity index (χ1v) is 10.9. The zero-order valence-corrected chi connectivity index (χ0v) is 19.1. The molecule has 0 atom stereocenters. The van der Waals surface area contributed by atoms with Crippen molar-refractivity contribution < 1.29 is 9.59 Å². The second kappa shape index (κ2) is 8.55. The maximum atomic E-state index is 13.3. The van der Waals surface area contributed by atoms with Gasteiger partial charge in [-0.05, 0) is 50.2 Å². The third-order valence-corrected chi connectivity index (χ3v) is 6.14. The zero-order valence-electron chi connectivity index (χ0n) is 17.5. The Morgan fingerprint density at radius 3 is 2.42 bits per heavy atom. The van der Waals surface area contributed by atoms with Gasteiger partial charge < -0.3 is 20.1 Å². The first kappa shape index (κ1) is 21.1. The standard InChI is InChI=1S/C23H24BrN5O2/c1-15-13-20(16(2)29(15)18-6-3-5-17(24)14-18)23(31)28-11-9-27(10-12-28)22-19(21(25)30)7-4-8-26-22/h3-8,13-14H,9-12H2,1-2H3,(H2,25,30). The van der Waals surface area contributed by atoms with Gasteiger partial charge in [0, 0.05) is 53.9 Å². The number of halogens is 1. The van der Waals surface area contributed by atoms with Gasteiger partial charge in [0.1, 0.15) is 5.82 Å². The van der Waals surface area contributed by atoms with E-state index in [1.807, 2.05) is 54.0 Å². The molecule has 8 heteroatoms. The van der Waals surface area contributed by atoms with Gasteiger partial charge in [0.25, 0.3) is 11.8 Å². The van der Waals surface area contributed by atoms with Crippen LogP contribution < -0.4 is 10.6 Å². The van der Waals surface area contributed by atoms with E-state index in [1.54, 1.807) is 18.3 Å². The Labute approximate surface area is 189 Å². The molecule has 1 saturated heterocycles. The summed E-state index contributed by atoms with van der Waals surface area (Å²) in [5.74, 6) is 0.0988. The van der Waals surface area contributed by atoms with E-state index in [0.717, 1.165) is 21.5 Å². The average molecular weight is 482 g/mol. The van der Waals surface area contributed by atoms with Crippen LogP contribution in [0.2, 0.25) is 0 Å². The van der Waals surface area contributed by atoms with Gasteiger partial charge >= 0.3 is 0 Å². The number of hydrogen-bond acceptors (Lipinski definition) is 4. The highest BCUT2D eigenvalue weighted by Crippen LogP contribution is 2.25. The molecule has 1 aliphatic heterocycles. The molecular formula is C23H24BrN5O2. The van der Waals surface area contributed by atoms with Crippen LogP contribution in [0.3, 0.4) is 0 Å². The zero-order chi connectivity index (χ0) is 22.1. The number of carbonyl (C=O) groups excluding carboxylic acids is 2. The van der Waals surface area contributed by atoms with Crippen molar-refractivity contribution in [3.8, 4) is 5.69 Å². The van der Waals surface area contributed by atoms with E-state index in [2.05, 4.69) is 25.5 Å². The van der Waals surface area contributed by atoms with Crippen molar-refractivity contribution in [3.63, 3.8) is 0 Å². The molecule has 4 rings (SSSR count). The number of hydrogen-bond donors (Lipinski definition) is 1. The summed E-state index contributed by atoms with van der Waals surface area (Å²) in [6.45, 7) is 6.27. The second-order valence-electron chi connectivity index (χ2n) is 7.62. The number of pyridine rings is 1. The molecule has 0 unspecified atom stereocenters. The second-order valence-corrected chi connectivity index (χ2v) is 8.53. The lowest BCUT2D eigenvalue weighted by Crippen LogP contribution is -2.49. The fourth-order valence-electron chi connectivity index (χ4n) is 4.12. The third kappa shape index (κ3) is 4.07. The minimum absolute atomic E-state index is 0.0187. The van der Waals surface area contributed by atoms with Gasteiger partial charge in [-0.2, -0.15) is 0 Å². The summed E-state index contributed by atoms with van der Waals surface area (Å²) in [6, 6.07) is 13.4. The maximum absolute atomic E-state index is 13.3. The number of anilines is 1. The summed E-state index contributed by atoms with van der Waals surface area (Å²) in [5.41, 5.74) is 9.55. The molecule has 3 heterocycles. The Bertz CT molecular complexity index is 1150. The maximum Gasteiger partial charge on any atom is 0.255 e. The minimum atomic E-state index is -0.499. The number of carbonyl (C=O) groups is 2. The predicted molar refractivity (Wildman–Crippen MR) is 124 cm³/mol. The fourth-order valence-corrected chi connectivity index (χ4v) is 4.51. The number of nitrogens with zero attached hydrogens (tertiary/aromatic N) is 4. The Kier molecular flexibility index (Phi) is 5.82. The lowest BCUT2D eigenvalue weighted by atomic mass is 10.1. The number of amides is 2. The number of piperazine rings is 1. The fraction of sp³-hybridized carbons (Fsp3) is 0.261.